The van der Waals surface area contributed by atoms with E-state index >= 15 is 0 Å². The van der Waals surface area contributed by atoms with E-state index in [4.69, 9.17) is 5.73 Å². The van der Waals surface area contributed by atoms with E-state index in [1.165, 1.54) is 12.1 Å². The standard InChI is InChI=1S/C11H16N2O4S/c1-8(12)6-18(16,17)7-10-4-3-5-11(9(10)2)13(14)15/h3-5,8H,6-7,12H2,1-2H3. The van der Waals surface area contributed by atoms with Gasteiger partial charge in [0.2, 0.25) is 0 Å². The van der Waals surface area contributed by atoms with Crippen molar-refractivity contribution in [1.82, 2.24) is 0 Å². The molecule has 0 aromatic heterocycles. The van der Waals surface area contributed by atoms with Crippen molar-refractivity contribution in [3.8, 4) is 0 Å². The Kier molecular flexibility index (Phi) is 4.42. The number of sulfone groups is 1. The summed E-state index contributed by atoms with van der Waals surface area (Å²) in [6.07, 6.45) is 0. The first kappa shape index (κ1) is 14.6. The Hall–Kier alpha value is -1.47. The summed E-state index contributed by atoms with van der Waals surface area (Å²) in [6, 6.07) is 3.98. The Bertz CT molecular complexity index is 552. The van der Waals surface area contributed by atoms with Crippen LogP contribution >= 0.6 is 0 Å². The Morgan fingerprint density at radius 2 is 2.06 bits per heavy atom. The quantitative estimate of drug-likeness (QED) is 0.640. The maximum Gasteiger partial charge on any atom is 0.272 e. The lowest BCUT2D eigenvalue weighted by atomic mass is 10.1. The van der Waals surface area contributed by atoms with Gasteiger partial charge in [-0.05, 0) is 19.4 Å². The molecular formula is C11H16N2O4S. The van der Waals surface area contributed by atoms with Gasteiger partial charge in [0, 0.05) is 17.7 Å². The van der Waals surface area contributed by atoms with Gasteiger partial charge in [-0.2, -0.15) is 0 Å². The highest BCUT2D eigenvalue weighted by molar-refractivity contribution is 7.90. The molecule has 0 fully saturated rings. The highest BCUT2D eigenvalue weighted by Crippen LogP contribution is 2.22. The van der Waals surface area contributed by atoms with Crippen LogP contribution in [0.5, 0.6) is 0 Å². The molecule has 0 aliphatic heterocycles. The van der Waals surface area contributed by atoms with Gasteiger partial charge < -0.3 is 5.73 Å². The highest BCUT2D eigenvalue weighted by atomic mass is 32.2. The number of nitrogens with zero attached hydrogens (tertiary/aromatic N) is 1. The summed E-state index contributed by atoms with van der Waals surface area (Å²) in [6.45, 7) is 3.16. The first-order valence-electron chi connectivity index (χ1n) is 5.42. The third-order valence-corrected chi connectivity index (χ3v) is 4.29. The number of nitro groups is 1. The fourth-order valence-electron chi connectivity index (χ4n) is 1.72. The number of benzene rings is 1. The van der Waals surface area contributed by atoms with Gasteiger partial charge in [0.25, 0.3) is 5.69 Å². The molecule has 7 heteroatoms. The van der Waals surface area contributed by atoms with E-state index in [2.05, 4.69) is 0 Å². The lowest BCUT2D eigenvalue weighted by Gasteiger charge is -2.09. The summed E-state index contributed by atoms with van der Waals surface area (Å²) in [7, 11) is -3.35. The van der Waals surface area contributed by atoms with E-state index < -0.39 is 20.8 Å². The molecule has 0 aliphatic carbocycles. The van der Waals surface area contributed by atoms with Gasteiger partial charge in [-0.3, -0.25) is 10.1 Å². The average Bonchev–Trinajstić information content (AvgIpc) is 2.18. The molecule has 0 radical (unpaired) electrons. The normalized spacial score (nSPS) is 13.3. The molecule has 0 bridgehead atoms. The van der Waals surface area contributed by atoms with E-state index in [1.807, 2.05) is 0 Å². The van der Waals surface area contributed by atoms with E-state index in [-0.39, 0.29) is 17.2 Å². The summed E-state index contributed by atoms with van der Waals surface area (Å²) in [5.74, 6) is -0.350. The second-order valence-corrected chi connectivity index (χ2v) is 6.46. The molecule has 0 saturated carbocycles. The molecule has 0 aliphatic rings. The number of nitro benzene ring substituents is 1. The summed E-state index contributed by atoms with van der Waals surface area (Å²) < 4.78 is 23.6. The third kappa shape index (κ3) is 3.78. The maximum absolute atomic E-state index is 11.8. The van der Waals surface area contributed by atoms with Crippen LogP contribution in [-0.4, -0.2) is 25.1 Å². The number of rotatable bonds is 5. The molecule has 0 saturated heterocycles. The van der Waals surface area contributed by atoms with Crippen molar-refractivity contribution in [2.24, 2.45) is 5.73 Å². The van der Waals surface area contributed by atoms with Gasteiger partial charge in [0.15, 0.2) is 9.84 Å². The van der Waals surface area contributed by atoms with E-state index in [0.29, 0.717) is 11.1 Å². The van der Waals surface area contributed by atoms with E-state index in [1.54, 1.807) is 19.9 Å². The van der Waals surface area contributed by atoms with Crippen LogP contribution in [0.15, 0.2) is 18.2 Å². The van der Waals surface area contributed by atoms with Gasteiger partial charge >= 0.3 is 0 Å². The molecule has 2 N–H and O–H groups in total. The van der Waals surface area contributed by atoms with Crippen molar-refractivity contribution in [2.75, 3.05) is 5.75 Å². The van der Waals surface area contributed by atoms with Crippen molar-refractivity contribution >= 4 is 15.5 Å². The molecular weight excluding hydrogens is 256 g/mol. The van der Waals surface area contributed by atoms with Crippen molar-refractivity contribution in [1.29, 1.82) is 0 Å². The fraction of sp³-hybridized carbons (Fsp3) is 0.455. The van der Waals surface area contributed by atoms with Crippen molar-refractivity contribution < 1.29 is 13.3 Å². The molecule has 1 atom stereocenters. The summed E-state index contributed by atoms with van der Waals surface area (Å²) >= 11 is 0. The van der Waals surface area contributed by atoms with E-state index in [9.17, 15) is 18.5 Å². The molecule has 1 aromatic rings. The summed E-state index contributed by atoms with van der Waals surface area (Å²) in [5.41, 5.74) is 6.23. The van der Waals surface area contributed by atoms with Crippen molar-refractivity contribution in [3.63, 3.8) is 0 Å². The minimum Gasteiger partial charge on any atom is -0.327 e. The van der Waals surface area contributed by atoms with Gasteiger partial charge in [0.1, 0.15) is 0 Å². The Labute approximate surface area is 106 Å². The molecule has 0 amide bonds. The predicted octanol–water partition coefficient (Wildman–Crippen LogP) is 1.17. The number of hydrogen-bond donors (Lipinski definition) is 1. The molecule has 0 spiro atoms. The molecule has 1 rings (SSSR count). The van der Waals surface area contributed by atoms with Crippen molar-refractivity contribution in [3.05, 3.63) is 39.4 Å². The topological polar surface area (TPSA) is 103 Å². The van der Waals surface area contributed by atoms with Crippen LogP contribution in [0.2, 0.25) is 0 Å². The first-order chi connectivity index (χ1) is 8.23. The van der Waals surface area contributed by atoms with Crippen LogP contribution < -0.4 is 5.73 Å². The van der Waals surface area contributed by atoms with Crippen LogP contribution in [0.25, 0.3) is 0 Å². The molecule has 6 nitrogen and oxygen atoms in total. The van der Waals surface area contributed by atoms with Crippen molar-refractivity contribution in [2.45, 2.75) is 25.6 Å². The summed E-state index contributed by atoms with van der Waals surface area (Å²) in [4.78, 5) is 10.2. The van der Waals surface area contributed by atoms with Crippen LogP contribution in [0.1, 0.15) is 18.1 Å². The van der Waals surface area contributed by atoms with Gasteiger partial charge in [-0.15, -0.1) is 0 Å². The largest absolute Gasteiger partial charge is 0.327 e. The van der Waals surface area contributed by atoms with Crippen LogP contribution in [0.3, 0.4) is 0 Å². The minimum absolute atomic E-state index is 0.0662. The van der Waals surface area contributed by atoms with E-state index in [0.717, 1.165) is 0 Å². The molecule has 100 valence electrons. The van der Waals surface area contributed by atoms with Crippen LogP contribution in [-0.2, 0) is 15.6 Å². The van der Waals surface area contributed by atoms with Crippen LogP contribution in [0, 0.1) is 17.0 Å². The Morgan fingerprint density at radius 1 is 1.44 bits per heavy atom. The zero-order valence-electron chi connectivity index (χ0n) is 10.3. The first-order valence-corrected chi connectivity index (χ1v) is 7.24. The molecule has 1 aromatic carbocycles. The van der Waals surface area contributed by atoms with Crippen LogP contribution in [0.4, 0.5) is 5.69 Å². The minimum atomic E-state index is -3.35. The van der Waals surface area contributed by atoms with Gasteiger partial charge in [0.05, 0.1) is 16.4 Å². The second-order valence-electron chi connectivity index (χ2n) is 4.35. The second kappa shape index (κ2) is 5.45. The lowest BCUT2D eigenvalue weighted by Crippen LogP contribution is -2.27. The number of nitrogens with two attached hydrogens (primary N) is 1. The van der Waals surface area contributed by atoms with Gasteiger partial charge in [-0.1, -0.05) is 12.1 Å². The third-order valence-electron chi connectivity index (χ3n) is 2.51. The fourth-order valence-corrected chi connectivity index (χ4v) is 3.43. The Balaban J connectivity index is 3.06. The maximum atomic E-state index is 11.8. The molecule has 1 unspecified atom stereocenters. The van der Waals surface area contributed by atoms with Gasteiger partial charge in [-0.25, -0.2) is 8.42 Å². The predicted molar refractivity (Wildman–Crippen MR) is 69.0 cm³/mol. The highest BCUT2D eigenvalue weighted by Gasteiger charge is 2.19. The SMILES string of the molecule is Cc1c(CS(=O)(=O)CC(C)N)cccc1[N+](=O)[O-]. The molecule has 18 heavy (non-hydrogen) atoms. The Morgan fingerprint density at radius 3 is 2.56 bits per heavy atom. The summed E-state index contributed by atoms with van der Waals surface area (Å²) in [5, 5.41) is 10.8. The smallest absolute Gasteiger partial charge is 0.272 e. The zero-order valence-corrected chi connectivity index (χ0v) is 11.1. The monoisotopic (exact) mass is 272 g/mol. The molecule has 0 heterocycles. The average molecular weight is 272 g/mol. The number of hydrogen-bond acceptors (Lipinski definition) is 5. The zero-order chi connectivity index (χ0) is 13.9. The lowest BCUT2D eigenvalue weighted by molar-refractivity contribution is -0.385.